The fourth-order valence-corrected chi connectivity index (χ4v) is 6.79. The molecule has 0 N–H and O–H groups in total. The zero-order valence-corrected chi connectivity index (χ0v) is 44.0. The van der Waals surface area contributed by atoms with Gasteiger partial charge in [-0.1, -0.05) is 218 Å². The van der Waals surface area contributed by atoms with Crippen molar-refractivity contribution >= 4 is 17.9 Å². The summed E-state index contributed by atoms with van der Waals surface area (Å²) < 4.78 is 16.7. The third-order valence-corrected chi connectivity index (χ3v) is 10.8. The Morgan fingerprint density at radius 1 is 0.304 bits per heavy atom. The van der Waals surface area contributed by atoms with Crippen molar-refractivity contribution in [3.63, 3.8) is 0 Å². The van der Waals surface area contributed by atoms with Gasteiger partial charge < -0.3 is 14.2 Å². The number of ether oxygens (including phenoxy) is 3. The molecular weight excluding hydrogens is 853 g/mol. The molecule has 0 spiro atoms. The molecule has 6 heteroatoms. The van der Waals surface area contributed by atoms with Crippen LogP contribution in [0.5, 0.6) is 0 Å². The van der Waals surface area contributed by atoms with Crippen molar-refractivity contribution in [2.24, 2.45) is 0 Å². The van der Waals surface area contributed by atoms with E-state index in [0.717, 1.165) is 109 Å². The molecule has 0 saturated carbocycles. The lowest BCUT2D eigenvalue weighted by Gasteiger charge is -2.18. The molecule has 6 nitrogen and oxygen atoms in total. The maximum absolute atomic E-state index is 12.8. The summed E-state index contributed by atoms with van der Waals surface area (Å²) in [6.07, 6.45) is 79.9. The lowest BCUT2D eigenvalue weighted by molar-refractivity contribution is -0.166. The number of hydrogen-bond donors (Lipinski definition) is 0. The number of esters is 3. The summed E-state index contributed by atoms with van der Waals surface area (Å²) in [6.45, 7) is 6.26. The normalized spacial score (nSPS) is 13.3. The van der Waals surface area contributed by atoms with Gasteiger partial charge in [-0.3, -0.25) is 14.4 Å². The molecule has 69 heavy (non-hydrogen) atoms. The minimum atomic E-state index is -0.842. The zero-order chi connectivity index (χ0) is 50.0. The van der Waals surface area contributed by atoms with Crippen molar-refractivity contribution in [3.05, 3.63) is 146 Å². The van der Waals surface area contributed by atoms with E-state index >= 15 is 0 Å². The van der Waals surface area contributed by atoms with E-state index in [9.17, 15) is 14.4 Å². The molecule has 0 unspecified atom stereocenters. The van der Waals surface area contributed by atoms with Gasteiger partial charge in [-0.2, -0.15) is 0 Å². The molecule has 0 aliphatic heterocycles. The first-order valence-electron chi connectivity index (χ1n) is 27.3. The summed E-state index contributed by atoms with van der Waals surface area (Å²) in [5.41, 5.74) is 0. The number of rotatable bonds is 47. The van der Waals surface area contributed by atoms with Crippen LogP contribution < -0.4 is 0 Å². The Hall–Kier alpha value is -4.71. The SMILES string of the molecule is CCC=CCC=CCC=CCC=CCC=CCC=CCCC(=O)OC[C@@H](COC(=O)CCCC=CCC=CCC=CCC=CCC=CCC)OC(=O)CCCCCCCC=CCCCCCCCC. The molecule has 0 amide bonds. The van der Waals surface area contributed by atoms with E-state index in [-0.39, 0.29) is 50.4 Å². The van der Waals surface area contributed by atoms with Gasteiger partial charge in [0, 0.05) is 19.3 Å². The van der Waals surface area contributed by atoms with Gasteiger partial charge in [0.05, 0.1) is 0 Å². The van der Waals surface area contributed by atoms with Crippen molar-refractivity contribution in [2.75, 3.05) is 13.2 Å². The van der Waals surface area contributed by atoms with Crippen molar-refractivity contribution in [1.29, 1.82) is 0 Å². The van der Waals surface area contributed by atoms with Crippen LogP contribution in [-0.2, 0) is 28.6 Å². The third-order valence-electron chi connectivity index (χ3n) is 10.8. The van der Waals surface area contributed by atoms with Gasteiger partial charge in [-0.15, -0.1) is 0 Å². The van der Waals surface area contributed by atoms with Crippen LogP contribution in [0, 0.1) is 0 Å². The molecule has 0 rings (SSSR count). The van der Waals surface area contributed by atoms with Crippen molar-refractivity contribution in [1.82, 2.24) is 0 Å². The second-order valence-electron chi connectivity index (χ2n) is 17.4. The van der Waals surface area contributed by atoms with Crippen LogP contribution in [0.2, 0.25) is 0 Å². The lowest BCUT2D eigenvalue weighted by atomic mass is 10.1. The van der Waals surface area contributed by atoms with Crippen LogP contribution in [-0.4, -0.2) is 37.2 Å². The van der Waals surface area contributed by atoms with Crippen LogP contribution >= 0.6 is 0 Å². The Kier molecular flexibility index (Phi) is 52.1. The Morgan fingerprint density at radius 3 is 1.03 bits per heavy atom. The molecule has 0 fully saturated rings. The summed E-state index contributed by atoms with van der Waals surface area (Å²) in [5, 5.41) is 0. The van der Waals surface area contributed by atoms with E-state index in [1.807, 2.05) is 12.2 Å². The smallest absolute Gasteiger partial charge is 0.306 e. The maximum atomic E-state index is 12.8. The Bertz CT molecular complexity index is 1560. The van der Waals surface area contributed by atoms with Crippen LogP contribution in [0.1, 0.15) is 213 Å². The van der Waals surface area contributed by atoms with E-state index in [1.165, 1.54) is 51.4 Å². The van der Waals surface area contributed by atoms with Gasteiger partial charge >= 0.3 is 17.9 Å². The standard InChI is InChI=1S/C63H98O6/c1-4-7-10-13-16-19-22-25-28-30-31-33-36-38-41-44-47-50-53-56-62(65)68-59-60(69-63(66)57-54-51-48-45-42-39-34-27-24-21-18-15-12-9-6-3)58-67-61(64)55-52-49-46-43-40-37-35-32-29-26-23-20-17-14-11-8-5-2/h7-8,10-11,16-17,19-20,25-29,31,33-35,37-38,41,43,46-47,50,60H,4-6,9,12-15,18,21-24,30,32,36,39-40,42,44-45,48-49,51-59H2,1-3H3/t60-/m1/s1. The van der Waals surface area contributed by atoms with Gasteiger partial charge in [0.25, 0.3) is 0 Å². The Labute approximate surface area is 423 Å². The second-order valence-corrected chi connectivity index (χ2v) is 17.4. The maximum Gasteiger partial charge on any atom is 0.306 e. The lowest BCUT2D eigenvalue weighted by Crippen LogP contribution is -2.30. The van der Waals surface area contributed by atoms with Crippen molar-refractivity contribution < 1.29 is 28.6 Å². The Morgan fingerprint density at radius 2 is 0.609 bits per heavy atom. The predicted molar refractivity (Wildman–Crippen MR) is 297 cm³/mol. The predicted octanol–water partition coefficient (Wildman–Crippen LogP) is 18.4. The summed E-state index contributed by atoms with van der Waals surface area (Å²) in [4.78, 5) is 38.0. The van der Waals surface area contributed by atoms with Gasteiger partial charge in [0.1, 0.15) is 13.2 Å². The van der Waals surface area contributed by atoms with E-state index in [0.29, 0.717) is 12.8 Å². The van der Waals surface area contributed by atoms with Gasteiger partial charge in [-0.25, -0.2) is 0 Å². The molecule has 0 heterocycles. The third kappa shape index (κ3) is 54.1. The molecule has 386 valence electrons. The first-order valence-corrected chi connectivity index (χ1v) is 27.3. The average Bonchev–Trinajstić information content (AvgIpc) is 3.35. The molecule has 0 radical (unpaired) electrons. The number of unbranched alkanes of at least 4 members (excludes halogenated alkanes) is 12. The molecule has 0 saturated heterocycles. The first-order chi connectivity index (χ1) is 34.0. The van der Waals surface area contributed by atoms with Crippen LogP contribution in [0.15, 0.2) is 146 Å². The minimum absolute atomic E-state index is 0.140. The summed E-state index contributed by atoms with van der Waals surface area (Å²) in [6, 6.07) is 0. The highest BCUT2D eigenvalue weighted by atomic mass is 16.6. The average molecular weight is 951 g/mol. The van der Waals surface area contributed by atoms with Gasteiger partial charge in [0.2, 0.25) is 0 Å². The molecule has 0 aromatic rings. The number of allylic oxidation sites excluding steroid dienone is 24. The summed E-state index contributed by atoms with van der Waals surface area (Å²) in [7, 11) is 0. The molecule has 0 bridgehead atoms. The van der Waals surface area contributed by atoms with E-state index in [2.05, 4.69) is 154 Å². The second kappa shape index (κ2) is 55.9. The quantitative estimate of drug-likeness (QED) is 0.0262. The van der Waals surface area contributed by atoms with Gasteiger partial charge in [0.15, 0.2) is 6.10 Å². The monoisotopic (exact) mass is 951 g/mol. The molecule has 1 atom stereocenters. The molecule has 0 aromatic carbocycles. The highest BCUT2D eigenvalue weighted by Crippen LogP contribution is 2.12. The zero-order valence-electron chi connectivity index (χ0n) is 44.0. The number of carbonyl (C=O) groups excluding carboxylic acids is 3. The highest BCUT2D eigenvalue weighted by molar-refractivity contribution is 5.71. The molecule has 0 aliphatic rings. The Balaban J connectivity index is 4.63. The van der Waals surface area contributed by atoms with Crippen LogP contribution in [0.4, 0.5) is 0 Å². The van der Waals surface area contributed by atoms with Crippen molar-refractivity contribution in [2.45, 2.75) is 219 Å². The van der Waals surface area contributed by atoms with Crippen molar-refractivity contribution in [3.8, 4) is 0 Å². The van der Waals surface area contributed by atoms with E-state index < -0.39 is 6.10 Å². The highest BCUT2D eigenvalue weighted by Gasteiger charge is 2.19. The van der Waals surface area contributed by atoms with Crippen LogP contribution in [0.3, 0.4) is 0 Å². The number of hydrogen-bond acceptors (Lipinski definition) is 6. The molecule has 0 aromatic heterocycles. The van der Waals surface area contributed by atoms with E-state index in [1.54, 1.807) is 0 Å². The minimum Gasteiger partial charge on any atom is -0.462 e. The van der Waals surface area contributed by atoms with Crippen LogP contribution in [0.25, 0.3) is 0 Å². The first kappa shape index (κ1) is 64.3. The summed E-state index contributed by atoms with van der Waals surface area (Å²) in [5.74, 6) is -1.10. The number of carbonyl (C=O) groups is 3. The molecule has 0 aliphatic carbocycles. The largest absolute Gasteiger partial charge is 0.462 e. The topological polar surface area (TPSA) is 78.9 Å². The van der Waals surface area contributed by atoms with Gasteiger partial charge in [-0.05, 0) is 122 Å². The summed E-state index contributed by atoms with van der Waals surface area (Å²) >= 11 is 0. The van der Waals surface area contributed by atoms with E-state index in [4.69, 9.17) is 14.2 Å². The molecular formula is C63H98O6. The fraction of sp³-hybridized carbons (Fsp3) is 0.571. The fourth-order valence-electron chi connectivity index (χ4n) is 6.79.